The van der Waals surface area contributed by atoms with E-state index in [-0.39, 0.29) is 6.10 Å². The van der Waals surface area contributed by atoms with E-state index in [2.05, 4.69) is 48.2 Å². The number of β-amino-alcohol motifs (C(OH)–C–C–N with tert-alkyl or cyclic N) is 1. The van der Waals surface area contributed by atoms with Crippen LogP contribution in [0.5, 0.6) is 0 Å². The number of likely N-dealkylation sites (tertiary alicyclic amines) is 1. The summed E-state index contributed by atoms with van der Waals surface area (Å²) in [7, 11) is 4.25. The SMILES string of the molecule is CN(C)CC1CC(O)CN1CC1CCCc2ccccc21. The predicted molar refractivity (Wildman–Crippen MR) is 86.7 cm³/mol. The van der Waals surface area contributed by atoms with Gasteiger partial charge in [0.15, 0.2) is 0 Å². The zero-order valence-corrected chi connectivity index (χ0v) is 13.3. The topological polar surface area (TPSA) is 26.7 Å². The Morgan fingerprint density at radius 2 is 2.10 bits per heavy atom. The summed E-state index contributed by atoms with van der Waals surface area (Å²) in [5.41, 5.74) is 3.09. The molecule has 3 nitrogen and oxygen atoms in total. The zero-order chi connectivity index (χ0) is 14.8. The molecule has 1 aromatic rings. The number of aliphatic hydroxyl groups is 1. The van der Waals surface area contributed by atoms with Gasteiger partial charge in [-0.1, -0.05) is 24.3 Å². The van der Waals surface area contributed by atoms with Crippen molar-refractivity contribution in [1.82, 2.24) is 9.80 Å². The minimum Gasteiger partial charge on any atom is -0.392 e. The molecule has 2 aliphatic rings. The van der Waals surface area contributed by atoms with Gasteiger partial charge < -0.3 is 10.0 Å². The van der Waals surface area contributed by atoms with Crippen LogP contribution in [0.25, 0.3) is 0 Å². The van der Waals surface area contributed by atoms with Crippen LogP contribution in [0.2, 0.25) is 0 Å². The number of hydrogen-bond acceptors (Lipinski definition) is 3. The van der Waals surface area contributed by atoms with Crippen molar-refractivity contribution < 1.29 is 5.11 Å². The third-order valence-electron chi connectivity index (χ3n) is 5.03. The summed E-state index contributed by atoms with van der Waals surface area (Å²) in [6.07, 6.45) is 4.60. The van der Waals surface area contributed by atoms with E-state index in [0.29, 0.717) is 12.0 Å². The molecule has 0 bridgehead atoms. The van der Waals surface area contributed by atoms with Crippen molar-refractivity contribution in [2.75, 3.05) is 33.7 Å². The fourth-order valence-electron chi connectivity index (χ4n) is 4.12. The average molecular weight is 288 g/mol. The first-order valence-electron chi connectivity index (χ1n) is 8.28. The fraction of sp³-hybridized carbons (Fsp3) is 0.667. The highest BCUT2D eigenvalue weighted by Gasteiger charge is 2.33. The number of rotatable bonds is 4. The van der Waals surface area contributed by atoms with Gasteiger partial charge in [0.2, 0.25) is 0 Å². The molecule has 3 atom stereocenters. The number of fused-ring (bicyclic) bond motifs is 1. The maximum absolute atomic E-state index is 10.0. The van der Waals surface area contributed by atoms with Crippen LogP contribution >= 0.6 is 0 Å². The highest BCUT2D eigenvalue weighted by Crippen LogP contribution is 2.33. The average Bonchev–Trinajstić information content (AvgIpc) is 2.78. The van der Waals surface area contributed by atoms with Crippen LogP contribution in [0.15, 0.2) is 24.3 Å². The number of likely N-dealkylation sites (N-methyl/N-ethyl adjacent to an activating group) is 1. The van der Waals surface area contributed by atoms with Gasteiger partial charge in [0.1, 0.15) is 0 Å². The molecule has 1 saturated heterocycles. The second-order valence-electron chi connectivity index (χ2n) is 7.05. The molecule has 1 N–H and O–H groups in total. The quantitative estimate of drug-likeness (QED) is 0.919. The van der Waals surface area contributed by atoms with Gasteiger partial charge in [-0.2, -0.15) is 0 Å². The molecule has 1 fully saturated rings. The lowest BCUT2D eigenvalue weighted by atomic mass is 9.82. The Labute approximate surface area is 128 Å². The third-order valence-corrected chi connectivity index (χ3v) is 5.03. The summed E-state index contributed by atoms with van der Waals surface area (Å²) in [4.78, 5) is 4.77. The summed E-state index contributed by atoms with van der Waals surface area (Å²) in [5, 5.41) is 10.0. The number of aryl methyl sites for hydroxylation is 1. The van der Waals surface area contributed by atoms with Gasteiger partial charge in [0.05, 0.1) is 6.10 Å². The summed E-state index contributed by atoms with van der Waals surface area (Å²) in [6, 6.07) is 9.44. The molecule has 0 saturated carbocycles. The lowest BCUT2D eigenvalue weighted by molar-refractivity contribution is 0.166. The van der Waals surface area contributed by atoms with E-state index >= 15 is 0 Å². The van der Waals surface area contributed by atoms with Crippen LogP contribution in [-0.2, 0) is 6.42 Å². The number of benzene rings is 1. The summed E-state index contributed by atoms with van der Waals surface area (Å²) in [6.45, 7) is 3.00. The first kappa shape index (κ1) is 15.0. The van der Waals surface area contributed by atoms with Gasteiger partial charge >= 0.3 is 0 Å². The third kappa shape index (κ3) is 3.47. The monoisotopic (exact) mass is 288 g/mol. The Morgan fingerprint density at radius 3 is 2.90 bits per heavy atom. The molecule has 1 heterocycles. The van der Waals surface area contributed by atoms with Gasteiger partial charge in [-0.15, -0.1) is 0 Å². The molecular formula is C18H28N2O. The molecule has 21 heavy (non-hydrogen) atoms. The van der Waals surface area contributed by atoms with Gasteiger partial charge in [-0.25, -0.2) is 0 Å². The van der Waals surface area contributed by atoms with Gasteiger partial charge in [-0.3, -0.25) is 4.90 Å². The highest BCUT2D eigenvalue weighted by atomic mass is 16.3. The molecule has 0 amide bonds. The summed E-state index contributed by atoms with van der Waals surface area (Å²) < 4.78 is 0. The van der Waals surface area contributed by atoms with Crippen LogP contribution in [0, 0.1) is 0 Å². The molecule has 3 rings (SSSR count). The predicted octanol–water partition coefficient (Wildman–Crippen LogP) is 2.10. The van der Waals surface area contributed by atoms with Crippen molar-refractivity contribution in [2.24, 2.45) is 0 Å². The highest BCUT2D eigenvalue weighted by molar-refractivity contribution is 5.32. The molecule has 0 spiro atoms. The minimum absolute atomic E-state index is 0.145. The normalized spacial score (nSPS) is 29.8. The largest absolute Gasteiger partial charge is 0.392 e. The summed E-state index contributed by atoms with van der Waals surface area (Å²) in [5.74, 6) is 0.643. The lowest BCUT2D eigenvalue weighted by Gasteiger charge is -2.33. The number of nitrogens with zero attached hydrogens (tertiary/aromatic N) is 2. The van der Waals surface area contributed by atoms with E-state index in [1.54, 1.807) is 5.56 Å². The van der Waals surface area contributed by atoms with Crippen LogP contribution in [0.1, 0.15) is 36.3 Å². The summed E-state index contributed by atoms with van der Waals surface area (Å²) >= 11 is 0. The minimum atomic E-state index is -0.145. The Bertz CT molecular complexity index is 474. The molecule has 116 valence electrons. The van der Waals surface area contributed by atoms with Crippen molar-refractivity contribution >= 4 is 0 Å². The second-order valence-corrected chi connectivity index (χ2v) is 7.05. The Hall–Kier alpha value is -0.900. The Kier molecular flexibility index (Phi) is 4.63. The molecule has 3 heteroatoms. The van der Waals surface area contributed by atoms with Gasteiger partial charge in [0, 0.05) is 25.7 Å². The van der Waals surface area contributed by atoms with E-state index < -0.39 is 0 Å². The molecule has 1 aliphatic carbocycles. The number of aliphatic hydroxyl groups excluding tert-OH is 1. The van der Waals surface area contributed by atoms with Crippen LogP contribution in [0.4, 0.5) is 0 Å². The Morgan fingerprint density at radius 1 is 1.29 bits per heavy atom. The maximum Gasteiger partial charge on any atom is 0.0682 e. The standard InChI is InChI=1S/C18H28N2O/c1-19(2)12-16-10-17(21)13-20(16)11-15-8-5-7-14-6-3-4-9-18(14)15/h3-4,6,9,15-17,21H,5,7-8,10-13H2,1-2H3. The van der Waals surface area contributed by atoms with Crippen LogP contribution in [0.3, 0.4) is 0 Å². The van der Waals surface area contributed by atoms with Crippen molar-refractivity contribution in [3.63, 3.8) is 0 Å². The van der Waals surface area contributed by atoms with E-state index in [9.17, 15) is 5.11 Å². The molecule has 1 aliphatic heterocycles. The van der Waals surface area contributed by atoms with Crippen LogP contribution in [-0.4, -0.2) is 60.8 Å². The van der Waals surface area contributed by atoms with Gasteiger partial charge in [0.25, 0.3) is 0 Å². The van der Waals surface area contributed by atoms with E-state index in [1.165, 1.54) is 24.8 Å². The van der Waals surface area contributed by atoms with Crippen molar-refractivity contribution in [1.29, 1.82) is 0 Å². The molecule has 3 unspecified atom stereocenters. The van der Waals surface area contributed by atoms with Gasteiger partial charge in [-0.05, 0) is 56.8 Å². The number of hydrogen-bond donors (Lipinski definition) is 1. The zero-order valence-electron chi connectivity index (χ0n) is 13.3. The fourth-order valence-corrected chi connectivity index (χ4v) is 4.12. The maximum atomic E-state index is 10.0. The van der Waals surface area contributed by atoms with E-state index in [1.807, 2.05) is 0 Å². The van der Waals surface area contributed by atoms with Crippen LogP contribution < -0.4 is 0 Å². The molecule has 0 aromatic heterocycles. The van der Waals surface area contributed by atoms with E-state index in [0.717, 1.165) is 26.1 Å². The lowest BCUT2D eigenvalue weighted by Crippen LogP contribution is -2.40. The smallest absolute Gasteiger partial charge is 0.0682 e. The first-order valence-corrected chi connectivity index (χ1v) is 8.28. The second kappa shape index (κ2) is 6.47. The molecule has 1 aromatic carbocycles. The Balaban J connectivity index is 1.71. The first-order chi connectivity index (χ1) is 10.1. The van der Waals surface area contributed by atoms with Crippen molar-refractivity contribution in [3.8, 4) is 0 Å². The molecular weight excluding hydrogens is 260 g/mol. The van der Waals surface area contributed by atoms with Crippen molar-refractivity contribution in [3.05, 3.63) is 35.4 Å². The molecule has 0 radical (unpaired) electrons. The van der Waals surface area contributed by atoms with E-state index in [4.69, 9.17) is 0 Å². The van der Waals surface area contributed by atoms with Crippen molar-refractivity contribution in [2.45, 2.75) is 43.7 Å².